The SMILES string of the molecule is O=C(c1cccn2c(=O)[nH]nc12)N1CCC(Cc2ccc(F)cc2)C1. The summed E-state index contributed by atoms with van der Waals surface area (Å²) in [7, 11) is 0. The van der Waals surface area contributed by atoms with Gasteiger partial charge in [-0.2, -0.15) is 5.10 Å². The number of benzene rings is 1. The molecule has 1 aliphatic heterocycles. The minimum atomic E-state index is -0.361. The Bertz CT molecular complexity index is 977. The predicted octanol–water partition coefficient (Wildman–Crippen LogP) is 1.87. The Morgan fingerprint density at radius 1 is 1.28 bits per heavy atom. The zero-order valence-electron chi connectivity index (χ0n) is 13.5. The van der Waals surface area contributed by atoms with Gasteiger partial charge in [-0.25, -0.2) is 18.7 Å². The van der Waals surface area contributed by atoms with Crippen molar-refractivity contribution in [3.05, 3.63) is 70.0 Å². The molecule has 6 nitrogen and oxygen atoms in total. The second kappa shape index (κ2) is 6.16. The van der Waals surface area contributed by atoms with Gasteiger partial charge in [0.25, 0.3) is 5.91 Å². The Balaban J connectivity index is 1.50. The Hall–Kier alpha value is -2.96. The molecule has 1 aromatic carbocycles. The average Bonchev–Trinajstić information content (AvgIpc) is 3.24. The first-order valence-corrected chi connectivity index (χ1v) is 8.21. The van der Waals surface area contributed by atoms with Gasteiger partial charge in [0.15, 0.2) is 5.65 Å². The number of nitrogens with one attached hydrogen (secondary N) is 1. The smallest absolute Gasteiger partial charge is 0.338 e. The predicted molar refractivity (Wildman–Crippen MR) is 89.9 cm³/mol. The number of fused-ring (bicyclic) bond motifs is 1. The lowest BCUT2D eigenvalue weighted by Gasteiger charge is -2.17. The summed E-state index contributed by atoms with van der Waals surface area (Å²) in [6.45, 7) is 1.31. The average molecular weight is 340 g/mol. The molecule has 1 saturated heterocycles. The molecule has 0 saturated carbocycles. The van der Waals surface area contributed by atoms with Crippen molar-refractivity contribution in [1.82, 2.24) is 19.5 Å². The minimum Gasteiger partial charge on any atom is -0.338 e. The third-order valence-electron chi connectivity index (χ3n) is 4.68. The molecule has 1 unspecified atom stereocenters. The molecule has 2 aromatic heterocycles. The third kappa shape index (κ3) is 2.93. The summed E-state index contributed by atoms with van der Waals surface area (Å²) < 4.78 is 14.3. The number of rotatable bonds is 3. The lowest BCUT2D eigenvalue weighted by molar-refractivity contribution is 0.0788. The van der Waals surface area contributed by atoms with Crippen molar-refractivity contribution in [3.63, 3.8) is 0 Å². The van der Waals surface area contributed by atoms with Crippen molar-refractivity contribution in [2.45, 2.75) is 12.8 Å². The molecule has 0 spiro atoms. The molecule has 3 heterocycles. The number of carbonyl (C=O) groups excluding carboxylic acids is 1. The van der Waals surface area contributed by atoms with E-state index >= 15 is 0 Å². The van der Waals surface area contributed by atoms with Gasteiger partial charge in [-0.05, 0) is 48.6 Å². The molecule has 1 fully saturated rings. The number of likely N-dealkylation sites (tertiary alicyclic amines) is 1. The first-order valence-electron chi connectivity index (χ1n) is 8.21. The van der Waals surface area contributed by atoms with Crippen LogP contribution in [0.3, 0.4) is 0 Å². The van der Waals surface area contributed by atoms with Crippen LogP contribution in [-0.4, -0.2) is 38.5 Å². The first kappa shape index (κ1) is 15.6. The molecular formula is C18H17FN4O2. The second-order valence-corrected chi connectivity index (χ2v) is 6.38. The number of H-pyrrole nitrogens is 1. The quantitative estimate of drug-likeness (QED) is 0.791. The molecule has 1 amide bonds. The number of hydrogen-bond donors (Lipinski definition) is 1. The highest BCUT2D eigenvalue weighted by Crippen LogP contribution is 2.23. The fraction of sp³-hybridized carbons (Fsp3) is 0.278. The van der Waals surface area contributed by atoms with E-state index in [9.17, 15) is 14.0 Å². The van der Waals surface area contributed by atoms with Crippen molar-refractivity contribution in [3.8, 4) is 0 Å². The molecular weight excluding hydrogens is 323 g/mol. The van der Waals surface area contributed by atoms with Crippen molar-refractivity contribution in [2.75, 3.05) is 13.1 Å². The van der Waals surface area contributed by atoms with Gasteiger partial charge in [0.1, 0.15) is 5.82 Å². The number of pyridine rings is 1. The van der Waals surface area contributed by atoms with Crippen molar-refractivity contribution >= 4 is 11.6 Å². The minimum absolute atomic E-state index is 0.119. The molecule has 4 rings (SSSR count). The summed E-state index contributed by atoms with van der Waals surface area (Å²) in [6, 6.07) is 9.86. The summed E-state index contributed by atoms with van der Waals surface area (Å²) in [5.74, 6) is -0.0176. The van der Waals surface area contributed by atoms with E-state index < -0.39 is 0 Å². The first-order chi connectivity index (χ1) is 12.1. The zero-order valence-corrected chi connectivity index (χ0v) is 13.5. The highest BCUT2D eigenvalue weighted by atomic mass is 19.1. The standard InChI is InChI=1S/C18H17FN4O2/c19-14-5-3-12(4-6-14)10-13-7-9-22(11-13)17(24)15-2-1-8-23-16(15)20-21-18(23)25/h1-6,8,13H,7,9-11H2,(H,21,25). The largest absolute Gasteiger partial charge is 0.347 e. The normalized spacial score (nSPS) is 17.3. The third-order valence-corrected chi connectivity index (χ3v) is 4.68. The van der Waals surface area contributed by atoms with E-state index in [0.717, 1.165) is 18.4 Å². The van der Waals surface area contributed by atoms with Crippen molar-refractivity contribution < 1.29 is 9.18 Å². The van der Waals surface area contributed by atoms with Crippen LogP contribution in [0, 0.1) is 11.7 Å². The molecule has 7 heteroatoms. The van der Waals surface area contributed by atoms with Crippen LogP contribution in [0.2, 0.25) is 0 Å². The van der Waals surface area contributed by atoms with Gasteiger partial charge in [-0.1, -0.05) is 12.1 Å². The summed E-state index contributed by atoms with van der Waals surface area (Å²) in [5.41, 5.74) is 1.48. The summed E-state index contributed by atoms with van der Waals surface area (Å²) in [4.78, 5) is 26.3. The van der Waals surface area contributed by atoms with E-state index in [2.05, 4.69) is 10.2 Å². The molecule has 1 aliphatic rings. The van der Waals surface area contributed by atoms with E-state index in [-0.39, 0.29) is 17.4 Å². The number of aromatic amines is 1. The molecule has 0 aliphatic carbocycles. The highest BCUT2D eigenvalue weighted by Gasteiger charge is 2.28. The van der Waals surface area contributed by atoms with E-state index in [0.29, 0.717) is 30.2 Å². The topological polar surface area (TPSA) is 70.5 Å². The van der Waals surface area contributed by atoms with Crippen LogP contribution in [0.4, 0.5) is 4.39 Å². The van der Waals surface area contributed by atoms with Gasteiger partial charge < -0.3 is 4.90 Å². The summed E-state index contributed by atoms with van der Waals surface area (Å²) >= 11 is 0. The number of aromatic nitrogens is 3. The number of hydrogen-bond acceptors (Lipinski definition) is 3. The van der Waals surface area contributed by atoms with E-state index in [1.54, 1.807) is 35.4 Å². The van der Waals surface area contributed by atoms with E-state index in [1.807, 2.05) is 0 Å². The van der Waals surface area contributed by atoms with Gasteiger partial charge in [0, 0.05) is 19.3 Å². The van der Waals surface area contributed by atoms with E-state index in [4.69, 9.17) is 0 Å². The Labute approximate surface area is 142 Å². The number of carbonyl (C=O) groups is 1. The Morgan fingerprint density at radius 2 is 2.08 bits per heavy atom. The number of nitrogens with zero attached hydrogens (tertiary/aromatic N) is 3. The van der Waals surface area contributed by atoms with Crippen LogP contribution in [0.1, 0.15) is 22.3 Å². The Morgan fingerprint density at radius 3 is 2.88 bits per heavy atom. The lowest BCUT2D eigenvalue weighted by Crippen LogP contribution is -2.29. The van der Waals surface area contributed by atoms with Crippen LogP contribution < -0.4 is 5.69 Å². The molecule has 3 aromatic rings. The lowest BCUT2D eigenvalue weighted by atomic mass is 9.99. The summed E-state index contributed by atoms with van der Waals surface area (Å²) in [6.07, 6.45) is 3.30. The fourth-order valence-corrected chi connectivity index (χ4v) is 3.41. The highest BCUT2D eigenvalue weighted by molar-refractivity contribution is 5.99. The molecule has 0 radical (unpaired) electrons. The molecule has 0 bridgehead atoms. The monoisotopic (exact) mass is 340 g/mol. The van der Waals surface area contributed by atoms with Gasteiger partial charge in [0.2, 0.25) is 0 Å². The van der Waals surface area contributed by atoms with E-state index in [1.165, 1.54) is 16.5 Å². The summed E-state index contributed by atoms with van der Waals surface area (Å²) in [5, 5.41) is 6.31. The maximum absolute atomic E-state index is 13.0. The second-order valence-electron chi connectivity index (χ2n) is 6.38. The van der Waals surface area contributed by atoms with Gasteiger partial charge in [-0.3, -0.25) is 4.79 Å². The van der Waals surface area contributed by atoms with Gasteiger partial charge in [-0.15, -0.1) is 0 Å². The van der Waals surface area contributed by atoms with Crippen LogP contribution in [0.5, 0.6) is 0 Å². The maximum Gasteiger partial charge on any atom is 0.347 e. The molecule has 1 atom stereocenters. The maximum atomic E-state index is 13.0. The number of halogens is 1. The van der Waals surface area contributed by atoms with Crippen LogP contribution >= 0.6 is 0 Å². The molecule has 128 valence electrons. The zero-order chi connectivity index (χ0) is 17.4. The van der Waals surface area contributed by atoms with Crippen molar-refractivity contribution in [2.24, 2.45) is 5.92 Å². The van der Waals surface area contributed by atoms with Crippen LogP contribution in [-0.2, 0) is 6.42 Å². The molecule has 1 N–H and O–H groups in total. The molecule has 25 heavy (non-hydrogen) atoms. The van der Waals surface area contributed by atoms with Crippen LogP contribution in [0.15, 0.2) is 47.4 Å². The van der Waals surface area contributed by atoms with Crippen LogP contribution in [0.25, 0.3) is 5.65 Å². The Kier molecular flexibility index (Phi) is 3.83. The van der Waals surface area contributed by atoms with Crippen molar-refractivity contribution in [1.29, 1.82) is 0 Å². The number of amides is 1. The van der Waals surface area contributed by atoms with Gasteiger partial charge in [0.05, 0.1) is 5.56 Å². The fourth-order valence-electron chi connectivity index (χ4n) is 3.41. The van der Waals surface area contributed by atoms with Gasteiger partial charge >= 0.3 is 5.69 Å².